The van der Waals surface area contributed by atoms with E-state index in [-0.39, 0.29) is 17.0 Å². The van der Waals surface area contributed by atoms with E-state index < -0.39 is 0 Å². The molecule has 1 fully saturated rings. The number of nitrogens with two attached hydrogens (primary N) is 1. The number of carbonyl (C=O) groups excluding carboxylic acids is 1. The Morgan fingerprint density at radius 3 is 2.71 bits per heavy atom. The van der Waals surface area contributed by atoms with Crippen LogP contribution in [-0.2, 0) is 9.53 Å². The first kappa shape index (κ1) is 15.6. The maximum atomic E-state index is 12.0. The Hall–Kier alpha value is -1.76. The number of carbonyl (C=O) groups is 1. The molecule has 2 N–H and O–H groups in total. The molecule has 0 saturated carbocycles. The van der Waals surface area contributed by atoms with E-state index in [1.807, 2.05) is 18.7 Å². The number of hydrogen-bond acceptors (Lipinski definition) is 6. The molecule has 2 rings (SSSR count). The van der Waals surface area contributed by atoms with Crippen molar-refractivity contribution in [3.8, 4) is 0 Å². The summed E-state index contributed by atoms with van der Waals surface area (Å²) < 4.78 is 4.90. The maximum Gasteiger partial charge on any atom is 0.328 e. The van der Waals surface area contributed by atoms with Crippen LogP contribution in [0.1, 0.15) is 36.1 Å². The average Bonchev–Trinajstić information content (AvgIpc) is 2.48. The van der Waals surface area contributed by atoms with Crippen molar-refractivity contribution in [1.29, 1.82) is 0 Å². The molecule has 0 aliphatic carbocycles. The van der Waals surface area contributed by atoms with E-state index in [4.69, 9.17) is 22.7 Å². The number of hydrogen-bond donors (Lipinski definition) is 1. The predicted octanol–water partition coefficient (Wildman–Crippen LogP) is 1.26. The molecular weight excluding hydrogens is 288 g/mol. The second kappa shape index (κ2) is 6.34. The Kier molecular flexibility index (Phi) is 4.72. The van der Waals surface area contributed by atoms with E-state index in [0.717, 1.165) is 30.5 Å². The van der Waals surface area contributed by atoms with E-state index in [1.54, 1.807) is 0 Å². The normalized spacial score (nSPS) is 18.4. The van der Waals surface area contributed by atoms with Crippen molar-refractivity contribution in [2.24, 2.45) is 5.73 Å². The van der Waals surface area contributed by atoms with Crippen LogP contribution in [-0.4, -0.2) is 40.9 Å². The van der Waals surface area contributed by atoms with Crippen molar-refractivity contribution >= 4 is 29.0 Å². The first-order valence-electron chi connectivity index (χ1n) is 6.95. The molecule has 0 radical (unpaired) electrons. The molecule has 1 aliphatic heterocycles. The zero-order chi connectivity index (χ0) is 15.6. The summed E-state index contributed by atoms with van der Waals surface area (Å²) in [5.74, 6) is 0.323. The van der Waals surface area contributed by atoms with Crippen molar-refractivity contribution < 1.29 is 9.53 Å². The Balaban J connectivity index is 2.50. The summed E-state index contributed by atoms with van der Waals surface area (Å²) in [6.07, 6.45) is 2.70. The average molecular weight is 308 g/mol. The van der Waals surface area contributed by atoms with E-state index in [0.29, 0.717) is 17.9 Å². The van der Waals surface area contributed by atoms with Gasteiger partial charge in [-0.3, -0.25) is 0 Å². The summed E-state index contributed by atoms with van der Waals surface area (Å²) in [6, 6.07) is -0.353. The molecule has 7 heteroatoms. The number of aromatic nitrogens is 2. The number of thiocarbonyl (C=S) groups is 1. The highest BCUT2D eigenvalue weighted by atomic mass is 32.1. The lowest BCUT2D eigenvalue weighted by atomic mass is 10.0. The molecule has 6 nitrogen and oxygen atoms in total. The van der Waals surface area contributed by atoms with Crippen LogP contribution < -0.4 is 10.6 Å². The Morgan fingerprint density at radius 1 is 1.38 bits per heavy atom. The molecule has 0 spiro atoms. The number of piperidine rings is 1. The van der Waals surface area contributed by atoms with E-state index in [2.05, 4.69) is 10.2 Å². The lowest BCUT2D eigenvalue weighted by Gasteiger charge is -2.35. The largest absolute Gasteiger partial charge is 0.467 e. The highest BCUT2D eigenvalue weighted by Gasteiger charge is 2.33. The summed E-state index contributed by atoms with van der Waals surface area (Å²) in [5, 5.41) is 8.41. The summed E-state index contributed by atoms with van der Waals surface area (Å²) in [5.41, 5.74) is 8.26. The first-order valence-corrected chi connectivity index (χ1v) is 7.36. The van der Waals surface area contributed by atoms with Crippen molar-refractivity contribution in [3.63, 3.8) is 0 Å². The molecule has 21 heavy (non-hydrogen) atoms. The van der Waals surface area contributed by atoms with Crippen LogP contribution in [0.2, 0.25) is 0 Å². The van der Waals surface area contributed by atoms with Gasteiger partial charge in [0.2, 0.25) is 0 Å². The fourth-order valence-electron chi connectivity index (χ4n) is 2.66. The van der Waals surface area contributed by atoms with Gasteiger partial charge in [0.25, 0.3) is 0 Å². The summed E-state index contributed by atoms with van der Waals surface area (Å²) >= 11 is 5.17. The molecule has 1 aliphatic rings. The number of methoxy groups -OCH3 is 1. The second-order valence-corrected chi connectivity index (χ2v) is 5.64. The topological polar surface area (TPSA) is 81.3 Å². The monoisotopic (exact) mass is 308 g/mol. The van der Waals surface area contributed by atoms with Gasteiger partial charge in [0, 0.05) is 6.54 Å². The molecule has 1 unspecified atom stereocenters. The third kappa shape index (κ3) is 2.97. The second-order valence-electron chi connectivity index (χ2n) is 5.20. The minimum absolute atomic E-state index is 0.261. The van der Waals surface area contributed by atoms with Gasteiger partial charge in [-0.15, -0.1) is 5.10 Å². The summed E-state index contributed by atoms with van der Waals surface area (Å²) in [4.78, 5) is 14.2. The van der Waals surface area contributed by atoms with Gasteiger partial charge in [-0.1, -0.05) is 12.2 Å². The summed E-state index contributed by atoms with van der Waals surface area (Å²) in [6.45, 7) is 4.49. The van der Waals surface area contributed by atoms with Gasteiger partial charge in [0.1, 0.15) is 11.0 Å². The molecule has 1 saturated heterocycles. The molecule has 114 valence electrons. The van der Waals surface area contributed by atoms with Gasteiger partial charge >= 0.3 is 5.97 Å². The molecule has 0 bridgehead atoms. The van der Waals surface area contributed by atoms with Gasteiger partial charge in [-0.05, 0) is 38.7 Å². The van der Waals surface area contributed by atoms with E-state index >= 15 is 0 Å². The van der Waals surface area contributed by atoms with Crippen LogP contribution >= 0.6 is 12.2 Å². The van der Waals surface area contributed by atoms with E-state index in [9.17, 15) is 4.79 Å². The van der Waals surface area contributed by atoms with Gasteiger partial charge in [-0.25, -0.2) is 4.79 Å². The predicted molar refractivity (Wildman–Crippen MR) is 84.4 cm³/mol. The van der Waals surface area contributed by atoms with Crippen molar-refractivity contribution in [2.45, 2.75) is 39.2 Å². The Bertz CT molecular complexity index is 576. The highest BCUT2D eigenvalue weighted by molar-refractivity contribution is 7.80. The summed E-state index contributed by atoms with van der Waals surface area (Å²) in [7, 11) is 1.40. The fourth-order valence-corrected chi connectivity index (χ4v) is 2.90. The SMILES string of the molecule is COC(=O)C1CCCCN1c1nnc(C)c(C)c1C(N)=S. The number of aryl methyl sites for hydroxylation is 1. The zero-order valence-electron chi connectivity index (χ0n) is 12.5. The lowest BCUT2D eigenvalue weighted by molar-refractivity contribution is -0.142. The molecule has 1 atom stereocenters. The molecular formula is C14H20N4O2S. The minimum Gasteiger partial charge on any atom is -0.467 e. The lowest BCUT2D eigenvalue weighted by Crippen LogP contribution is -2.46. The number of rotatable bonds is 3. The number of ether oxygens (including phenoxy) is 1. The van der Waals surface area contributed by atoms with Crippen LogP contribution in [0.25, 0.3) is 0 Å². The Morgan fingerprint density at radius 2 is 2.10 bits per heavy atom. The van der Waals surface area contributed by atoms with E-state index in [1.165, 1.54) is 7.11 Å². The van der Waals surface area contributed by atoms with Gasteiger partial charge in [0.05, 0.1) is 18.4 Å². The molecule has 0 amide bonds. The van der Waals surface area contributed by atoms with Crippen molar-refractivity contribution in [3.05, 3.63) is 16.8 Å². The number of nitrogens with zero attached hydrogens (tertiary/aromatic N) is 3. The molecule has 2 heterocycles. The van der Waals surface area contributed by atoms with Crippen LogP contribution in [0, 0.1) is 13.8 Å². The minimum atomic E-state index is -0.353. The maximum absolute atomic E-state index is 12.0. The van der Waals surface area contributed by atoms with Gasteiger partial charge in [0.15, 0.2) is 5.82 Å². The van der Waals surface area contributed by atoms with Crippen molar-refractivity contribution in [1.82, 2.24) is 10.2 Å². The number of esters is 1. The van der Waals surface area contributed by atoms with Crippen molar-refractivity contribution in [2.75, 3.05) is 18.6 Å². The third-order valence-corrected chi connectivity index (χ3v) is 4.13. The quantitative estimate of drug-likeness (QED) is 0.665. The molecule has 1 aromatic heterocycles. The van der Waals surface area contributed by atoms with Gasteiger partial charge < -0.3 is 15.4 Å². The van der Waals surface area contributed by atoms with Gasteiger partial charge in [-0.2, -0.15) is 5.10 Å². The highest BCUT2D eigenvalue weighted by Crippen LogP contribution is 2.28. The molecule has 0 aromatic carbocycles. The smallest absolute Gasteiger partial charge is 0.328 e. The van der Waals surface area contributed by atoms with Crippen LogP contribution in [0.15, 0.2) is 0 Å². The van der Waals surface area contributed by atoms with Crippen LogP contribution in [0.4, 0.5) is 5.82 Å². The van der Waals surface area contributed by atoms with Crippen LogP contribution in [0.5, 0.6) is 0 Å². The third-order valence-electron chi connectivity index (χ3n) is 3.93. The fraction of sp³-hybridized carbons (Fsp3) is 0.571. The Labute approximate surface area is 129 Å². The first-order chi connectivity index (χ1) is 9.97. The number of anilines is 1. The zero-order valence-corrected chi connectivity index (χ0v) is 13.4. The van der Waals surface area contributed by atoms with Crippen LogP contribution in [0.3, 0.4) is 0 Å². The standard InChI is InChI=1S/C14H20N4O2S/c1-8-9(2)16-17-13(11(8)12(15)21)18-7-5-4-6-10(18)14(19)20-3/h10H,4-7H2,1-3H3,(H2,15,21). The molecule has 1 aromatic rings.